The normalized spacial score (nSPS) is 12.8. The van der Waals surface area contributed by atoms with Crippen LogP contribution < -0.4 is 5.32 Å². The number of hydrogen-bond acceptors (Lipinski definition) is 5. The van der Waals surface area contributed by atoms with Crippen LogP contribution in [-0.4, -0.2) is 47.4 Å². The van der Waals surface area contributed by atoms with Gasteiger partial charge in [-0.3, -0.25) is 9.59 Å². The Hall–Kier alpha value is -1.66. The van der Waals surface area contributed by atoms with E-state index in [0.29, 0.717) is 19.4 Å². The molecule has 0 fully saturated rings. The van der Waals surface area contributed by atoms with E-state index in [1.54, 1.807) is 6.08 Å². The Kier molecular flexibility index (Phi) is 49.6. The summed E-state index contributed by atoms with van der Waals surface area (Å²) in [5, 5.41) is 23.1. The summed E-state index contributed by atoms with van der Waals surface area (Å²) < 4.78 is 5.43. The van der Waals surface area contributed by atoms with Crippen molar-refractivity contribution in [3.05, 3.63) is 24.3 Å². The summed E-state index contributed by atoms with van der Waals surface area (Å²) in [7, 11) is 0. The fourth-order valence-electron chi connectivity index (χ4n) is 8.27. The number of rotatable bonds is 50. The Labute approximate surface area is 380 Å². The average Bonchev–Trinajstić information content (AvgIpc) is 3.26. The van der Waals surface area contributed by atoms with E-state index in [0.717, 1.165) is 77.0 Å². The van der Waals surface area contributed by atoms with Crippen LogP contribution in [0.3, 0.4) is 0 Å². The molecule has 2 atom stereocenters. The predicted octanol–water partition coefficient (Wildman–Crippen LogP) is 16.3. The molecule has 0 aliphatic heterocycles. The van der Waals surface area contributed by atoms with Crippen molar-refractivity contribution in [1.82, 2.24) is 5.32 Å². The van der Waals surface area contributed by atoms with E-state index in [4.69, 9.17) is 4.74 Å². The molecule has 0 heterocycles. The summed E-state index contributed by atoms with van der Waals surface area (Å²) in [6.45, 7) is 4.83. The SMILES string of the molecule is CCCCCCCCCCCCCCCCCCCC/C=C/C(O)C(CO)NC(=O)CCCCCC/C=C\CCCCOC(=O)CCCCCCCCCCCCCCCC. The van der Waals surface area contributed by atoms with Crippen molar-refractivity contribution in [2.45, 2.75) is 302 Å². The molecule has 0 aromatic rings. The zero-order valence-electron chi connectivity index (χ0n) is 40.9. The molecule has 6 nitrogen and oxygen atoms in total. The molecule has 360 valence electrons. The fourth-order valence-corrected chi connectivity index (χ4v) is 8.27. The first-order valence-electron chi connectivity index (χ1n) is 27.1. The molecule has 0 aromatic heterocycles. The molecule has 0 saturated heterocycles. The quantitative estimate of drug-likeness (QED) is 0.0322. The molecule has 2 unspecified atom stereocenters. The Balaban J connectivity index is 3.55. The van der Waals surface area contributed by atoms with Gasteiger partial charge in [0.05, 0.1) is 25.4 Å². The van der Waals surface area contributed by atoms with Crippen LogP contribution in [0.1, 0.15) is 290 Å². The summed E-state index contributed by atoms with van der Waals surface area (Å²) in [6, 6.07) is -0.653. The number of amides is 1. The number of carbonyl (C=O) groups excluding carboxylic acids is 2. The molecule has 3 N–H and O–H groups in total. The first-order chi connectivity index (χ1) is 30.0. The van der Waals surface area contributed by atoms with Gasteiger partial charge < -0.3 is 20.3 Å². The molecule has 0 bridgehead atoms. The second kappa shape index (κ2) is 51.0. The van der Waals surface area contributed by atoms with Gasteiger partial charge >= 0.3 is 5.97 Å². The molecule has 0 aliphatic carbocycles. The smallest absolute Gasteiger partial charge is 0.305 e. The number of allylic oxidation sites excluding steroid dienone is 3. The molecule has 0 saturated carbocycles. The van der Waals surface area contributed by atoms with E-state index < -0.39 is 12.1 Å². The van der Waals surface area contributed by atoms with Crippen molar-refractivity contribution < 1.29 is 24.5 Å². The topological polar surface area (TPSA) is 95.9 Å². The van der Waals surface area contributed by atoms with Crippen LogP contribution >= 0.6 is 0 Å². The second-order valence-corrected chi connectivity index (χ2v) is 18.6. The van der Waals surface area contributed by atoms with Crippen LogP contribution in [0.15, 0.2) is 24.3 Å². The minimum Gasteiger partial charge on any atom is -0.466 e. The van der Waals surface area contributed by atoms with Gasteiger partial charge in [0, 0.05) is 12.8 Å². The summed E-state index contributed by atoms with van der Waals surface area (Å²) in [5.41, 5.74) is 0. The highest BCUT2D eigenvalue weighted by molar-refractivity contribution is 5.76. The van der Waals surface area contributed by atoms with Crippen molar-refractivity contribution in [3.8, 4) is 0 Å². The maximum Gasteiger partial charge on any atom is 0.305 e. The van der Waals surface area contributed by atoms with Crippen LogP contribution in [0, 0.1) is 0 Å². The standard InChI is InChI=1S/C55H105NO5/c1-3-5-7-9-11-13-15-17-19-20-21-22-23-24-25-27-31-35-39-43-47-53(58)52(51-57)56-54(59)48-44-40-36-32-29-30-34-38-42-46-50-61-55(60)49-45-41-37-33-28-26-18-16-14-12-10-8-6-4-2/h30,34,43,47,52-53,57-58H,3-29,31-33,35-42,44-46,48-51H2,1-2H3,(H,56,59)/b34-30-,47-43+. The summed E-state index contributed by atoms with van der Waals surface area (Å²) in [5.74, 6) is -0.137. The number of carbonyl (C=O) groups is 2. The molecule has 0 aromatic carbocycles. The average molecular weight is 860 g/mol. The number of hydrogen-bond donors (Lipinski definition) is 3. The number of esters is 1. The number of nitrogens with one attached hydrogen (secondary N) is 1. The largest absolute Gasteiger partial charge is 0.466 e. The zero-order chi connectivity index (χ0) is 44.4. The highest BCUT2D eigenvalue weighted by Crippen LogP contribution is 2.16. The minimum atomic E-state index is -0.866. The predicted molar refractivity (Wildman–Crippen MR) is 264 cm³/mol. The van der Waals surface area contributed by atoms with E-state index in [1.165, 1.54) is 186 Å². The molecule has 6 heteroatoms. The van der Waals surface area contributed by atoms with Crippen LogP contribution in [-0.2, 0) is 14.3 Å². The van der Waals surface area contributed by atoms with Crippen LogP contribution in [0.4, 0.5) is 0 Å². The van der Waals surface area contributed by atoms with Crippen LogP contribution in [0.2, 0.25) is 0 Å². The molecular weight excluding hydrogens is 755 g/mol. The van der Waals surface area contributed by atoms with E-state index in [1.807, 2.05) is 6.08 Å². The Morgan fingerprint density at radius 3 is 1.16 bits per heavy atom. The molecule has 0 radical (unpaired) electrons. The lowest BCUT2D eigenvalue weighted by molar-refractivity contribution is -0.143. The van der Waals surface area contributed by atoms with Crippen molar-refractivity contribution in [2.75, 3.05) is 13.2 Å². The van der Waals surface area contributed by atoms with Crippen molar-refractivity contribution in [1.29, 1.82) is 0 Å². The molecule has 0 spiro atoms. The maximum absolute atomic E-state index is 12.4. The Bertz CT molecular complexity index is 951. The highest BCUT2D eigenvalue weighted by Gasteiger charge is 2.18. The van der Waals surface area contributed by atoms with Gasteiger partial charge in [-0.2, -0.15) is 0 Å². The van der Waals surface area contributed by atoms with Crippen LogP contribution in [0.25, 0.3) is 0 Å². The highest BCUT2D eigenvalue weighted by atomic mass is 16.5. The third kappa shape index (κ3) is 47.7. The van der Waals surface area contributed by atoms with Gasteiger partial charge in [-0.05, 0) is 57.8 Å². The molecule has 61 heavy (non-hydrogen) atoms. The van der Waals surface area contributed by atoms with Crippen molar-refractivity contribution in [3.63, 3.8) is 0 Å². The Morgan fingerprint density at radius 1 is 0.443 bits per heavy atom. The van der Waals surface area contributed by atoms with Gasteiger partial charge in [0.1, 0.15) is 0 Å². The lowest BCUT2D eigenvalue weighted by Gasteiger charge is -2.20. The van der Waals surface area contributed by atoms with Gasteiger partial charge in [-0.1, -0.05) is 244 Å². The summed E-state index contributed by atoms with van der Waals surface area (Å²) in [4.78, 5) is 24.5. The third-order valence-corrected chi connectivity index (χ3v) is 12.5. The van der Waals surface area contributed by atoms with Gasteiger partial charge in [-0.25, -0.2) is 0 Å². The van der Waals surface area contributed by atoms with E-state index in [9.17, 15) is 19.8 Å². The lowest BCUT2D eigenvalue weighted by atomic mass is 10.0. The number of unbranched alkanes of at least 4 members (excludes halogenated alkanes) is 37. The first kappa shape index (κ1) is 59.3. The summed E-state index contributed by atoms with van der Waals surface area (Å²) in [6.07, 6.45) is 60.5. The van der Waals surface area contributed by atoms with Crippen molar-refractivity contribution in [2.24, 2.45) is 0 Å². The maximum atomic E-state index is 12.4. The van der Waals surface area contributed by atoms with Crippen molar-refractivity contribution >= 4 is 11.9 Å². The molecule has 0 aliphatic rings. The summed E-state index contributed by atoms with van der Waals surface area (Å²) >= 11 is 0. The van der Waals surface area contributed by atoms with Gasteiger partial charge in [0.25, 0.3) is 0 Å². The van der Waals surface area contributed by atoms with Gasteiger partial charge in [0.2, 0.25) is 5.91 Å². The van der Waals surface area contributed by atoms with E-state index in [2.05, 4.69) is 31.3 Å². The third-order valence-electron chi connectivity index (χ3n) is 12.5. The lowest BCUT2D eigenvalue weighted by Crippen LogP contribution is -2.45. The molecule has 0 rings (SSSR count). The van der Waals surface area contributed by atoms with Gasteiger partial charge in [-0.15, -0.1) is 0 Å². The van der Waals surface area contributed by atoms with Gasteiger partial charge in [0.15, 0.2) is 0 Å². The fraction of sp³-hybridized carbons (Fsp3) is 0.891. The molecule has 1 amide bonds. The number of ether oxygens (including phenoxy) is 1. The van der Waals surface area contributed by atoms with E-state index >= 15 is 0 Å². The monoisotopic (exact) mass is 860 g/mol. The molecular formula is C55H105NO5. The Morgan fingerprint density at radius 2 is 0.770 bits per heavy atom. The van der Waals surface area contributed by atoms with E-state index in [-0.39, 0.29) is 18.5 Å². The number of aliphatic hydroxyl groups excluding tert-OH is 2. The zero-order valence-corrected chi connectivity index (χ0v) is 40.9. The second-order valence-electron chi connectivity index (χ2n) is 18.6. The number of aliphatic hydroxyl groups is 2. The minimum absolute atomic E-state index is 0.0359. The van der Waals surface area contributed by atoms with Crippen LogP contribution in [0.5, 0.6) is 0 Å². The first-order valence-corrected chi connectivity index (χ1v) is 27.1.